The highest BCUT2D eigenvalue weighted by Gasteiger charge is 2.29. The van der Waals surface area contributed by atoms with Crippen LogP contribution in [0, 0.1) is 0 Å². The number of amides is 1. The minimum atomic E-state index is -0.391. The maximum absolute atomic E-state index is 12.8. The fraction of sp³-hybridized carbons (Fsp3) is 0.400. The number of hydrogen-bond donors (Lipinski definition) is 0. The number of carbonyl (C=O) groups excluding carboxylic acids is 1. The number of aliphatic imine (C=N–C) groups is 2. The minimum absolute atomic E-state index is 0.0568. The summed E-state index contributed by atoms with van der Waals surface area (Å²) in [6.45, 7) is 3.99. The molecule has 35 heavy (non-hydrogen) atoms. The molecular formula is C25H25Cl2N7O. The molecule has 8 nitrogen and oxygen atoms in total. The highest BCUT2D eigenvalue weighted by atomic mass is 35.5. The molecule has 2 fully saturated rings. The van der Waals surface area contributed by atoms with E-state index in [4.69, 9.17) is 28.2 Å². The first-order valence-corrected chi connectivity index (χ1v) is 12.7. The Kier molecular flexibility index (Phi) is 6.04. The molecule has 1 aromatic carbocycles. The van der Waals surface area contributed by atoms with Crippen LogP contribution in [0.1, 0.15) is 30.1 Å². The molecule has 6 rings (SSSR count). The second-order valence-corrected chi connectivity index (χ2v) is 10.1. The molecule has 1 aliphatic carbocycles. The molecule has 1 saturated carbocycles. The van der Waals surface area contributed by atoms with Crippen molar-refractivity contribution in [2.75, 3.05) is 32.7 Å². The Morgan fingerprint density at radius 1 is 1.09 bits per heavy atom. The summed E-state index contributed by atoms with van der Waals surface area (Å²) in [7, 11) is 0. The number of benzene rings is 1. The zero-order chi connectivity index (χ0) is 23.9. The van der Waals surface area contributed by atoms with E-state index in [9.17, 15) is 4.79 Å². The molecule has 0 radical (unpaired) electrons. The SMILES string of the molecule is O=C(C1CN=CC=N1)N1CCN(Cc2c(-c3ccc(Cl)cc3Cl)nc3cnc(C4CC4)cn23)CC1. The van der Waals surface area contributed by atoms with E-state index in [0.717, 1.165) is 41.4 Å². The lowest BCUT2D eigenvalue weighted by Gasteiger charge is -2.35. The minimum Gasteiger partial charge on any atom is -0.338 e. The highest BCUT2D eigenvalue weighted by Crippen LogP contribution is 2.39. The van der Waals surface area contributed by atoms with Gasteiger partial charge in [-0.1, -0.05) is 23.2 Å². The third-order valence-corrected chi connectivity index (χ3v) is 7.42. The van der Waals surface area contributed by atoms with E-state index in [0.29, 0.717) is 42.1 Å². The number of hydrogen-bond acceptors (Lipinski definition) is 6. The van der Waals surface area contributed by atoms with Crippen molar-refractivity contribution in [2.45, 2.75) is 31.3 Å². The van der Waals surface area contributed by atoms with Crippen LogP contribution < -0.4 is 0 Å². The summed E-state index contributed by atoms with van der Waals surface area (Å²) >= 11 is 12.8. The van der Waals surface area contributed by atoms with Gasteiger partial charge < -0.3 is 4.90 Å². The van der Waals surface area contributed by atoms with Crippen LogP contribution in [0.2, 0.25) is 10.0 Å². The number of halogens is 2. The zero-order valence-electron chi connectivity index (χ0n) is 19.1. The average Bonchev–Trinajstić information content (AvgIpc) is 3.67. The van der Waals surface area contributed by atoms with Gasteiger partial charge in [0.25, 0.3) is 0 Å². The molecular weight excluding hydrogens is 485 g/mol. The molecule has 1 saturated heterocycles. The number of rotatable bonds is 5. The van der Waals surface area contributed by atoms with Gasteiger partial charge in [-0.2, -0.15) is 0 Å². The summed E-state index contributed by atoms with van der Waals surface area (Å²) in [5.41, 5.74) is 4.67. The lowest BCUT2D eigenvalue weighted by Crippen LogP contribution is -2.51. The first-order chi connectivity index (χ1) is 17.1. The van der Waals surface area contributed by atoms with Crippen molar-refractivity contribution in [3.8, 4) is 11.3 Å². The number of carbonyl (C=O) groups is 1. The van der Waals surface area contributed by atoms with Gasteiger partial charge >= 0.3 is 0 Å². The molecule has 10 heteroatoms. The summed E-state index contributed by atoms with van der Waals surface area (Å²) < 4.78 is 2.16. The Morgan fingerprint density at radius 3 is 2.63 bits per heavy atom. The van der Waals surface area contributed by atoms with Gasteiger partial charge in [-0.15, -0.1) is 0 Å². The Labute approximate surface area is 213 Å². The van der Waals surface area contributed by atoms with Gasteiger partial charge in [-0.05, 0) is 31.0 Å². The van der Waals surface area contributed by atoms with E-state index in [1.54, 1.807) is 18.5 Å². The topological polar surface area (TPSA) is 78.5 Å². The van der Waals surface area contributed by atoms with Crippen LogP contribution in [0.4, 0.5) is 0 Å². The summed E-state index contributed by atoms with van der Waals surface area (Å²) in [5, 5.41) is 1.17. The maximum Gasteiger partial charge on any atom is 0.249 e. The smallest absolute Gasteiger partial charge is 0.249 e. The largest absolute Gasteiger partial charge is 0.338 e. The molecule has 3 aliphatic rings. The van der Waals surface area contributed by atoms with Crippen LogP contribution in [-0.4, -0.2) is 81.3 Å². The molecule has 1 amide bonds. The van der Waals surface area contributed by atoms with Crippen LogP contribution >= 0.6 is 23.2 Å². The number of aromatic nitrogens is 3. The quantitative estimate of drug-likeness (QED) is 0.524. The average molecular weight is 510 g/mol. The third-order valence-electron chi connectivity index (χ3n) is 6.87. The Hall–Kier alpha value is -2.81. The van der Waals surface area contributed by atoms with Crippen LogP contribution in [0.15, 0.2) is 40.6 Å². The predicted molar refractivity (Wildman–Crippen MR) is 138 cm³/mol. The maximum atomic E-state index is 12.8. The number of fused-ring (bicyclic) bond motifs is 1. The highest BCUT2D eigenvalue weighted by molar-refractivity contribution is 6.36. The summed E-state index contributed by atoms with van der Waals surface area (Å²) in [4.78, 5) is 35.1. The monoisotopic (exact) mass is 509 g/mol. The number of piperazine rings is 1. The Morgan fingerprint density at radius 2 is 1.91 bits per heavy atom. The van der Waals surface area contributed by atoms with Crippen LogP contribution in [0.5, 0.6) is 0 Å². The van der Waals surface area contributed by atoms with Crippen molar-refractivity contribution in [3.05, 3.63) is 52.0 Å². The van der Waals surface area contributed by atoms with Gasteiger partial charge in [0.1, 0.15) is 6.04 Å². The molecule has 1 atom stereocenters. The first-order valence-electron chi connectivity index (χ1n) is 11.9. The van der Waals surface area contributed by atoms with Crippen molar-refractivity contribution in [3.63, 3.8) is 0 Å². The fourth-order valence-corrected chi connectivity index (χ4v) is 5.24. The molecule has 0 N–H and O–H groups in total. The summed E-state index contributed by atoms with van der Waals surface area (Å²) in [6.07, 6.45) is 9.61. The second kappa shape index (κ2) is 9.33. The van der Waals surface area contributed by atoms with Crippen LogP contribution in [-0.2, 0) is 11.3 Å². The van der Waals surface area contributed by atoms with E-state index >= 15 is 0 Å². The standard InChI is InChI=1S/C25H25Cl2N7O/c26-17-3-4-18(19(27)11-17)24-22(34-14-21(16-1-2-16)30-13-23(34)31-24)15-32-7-9-33(10-8-32)25(35)20-12-28-5-6-29-20/h3-6,11,13-14,16,20H,1-2,7-10,12,15H2. The van der Waals surface area contributed by atoms with Gasteiger partial charge in [0, 0.05) is 67.9 Å². The lowest BCUT2D eigenvalue weighted by atomic mass is 10.1. The van der Waals surface area contributed by atoms with Gasteiger partial charge in [0.15, 0.2) is 5.65 Å². The van der Waals surface area contributed by atoms with Crippen LogP contribution in [0.3, 0.4) is 0 Å². The molecule has 2 aliphatic heterocycles. The van der Waals surface area contributed by atoms with E-state index in [-0.39, 0.29) is 5.91 Å². The van der Waals surface area contributed by atoms with Crippen molar-refractivity contribution in [2.24, 2.45) is 9.98 Å². The lowest BCUT2D eigenvalue weighted by molar-refractivity contribution is -0.134. The van der Waals surface area contributed by atoms with Crippen LogP contribution in [0.25, 0.3) is 16.9 Å². The molecule has 0 spiro atoms. The Balaban J connectivity index is 1.27. The van der Waals surface area contributed by atoms with Crippen molar-refractivity contribution < 1.29 is 4.79 Å². The predicted octanol–water partition coefficient (Wildman–Crippen LogP) is 3.75. The van der Waals surface area contributed by atoms with E-state index in [2.05, 4.69) is 30.5 Å². The first kappa shape index (κ1) is 22.6. The molecule has 2 aromatic heterocycles. The van der Waals surface area contributed by atoms with Gasteiger partial charge in [0.05, 0.1) is 34.8 Å². The normalized spacial score (nSPS) is 20.6. The Bertz CT molecular complexity index is 1340. The van der Waals surface area contributed by atoms with Gasteiger partial charge in [-0.25, -0.2) is 4.98 Å². The molecule has 4 heterocycles. The van der Waals surface area contributed by atoms with Crippen molar-refractivity contribution in [1.29, 1.82) is 0 Å². The van der Waals surface area contributed by atoms with Gasteiger partial charge in [-0.3, -0.25) is 29.1 Å². The van der Waals surface area contributed by atoms with E-state index < -0.39 is 6.04 Å². The zero-order valence-corrected chi connectivity index (χ0v) is 20.7. The fourth-order valence-electron chi connectivity index (χ4n) is 4.74. The van der Waals surface area contributed by atoms with Crippen molar-refractivity contribution >= 4 is 47.2 Å². The summed E-state index contributed by atoms with van der Waals surface area (Å²) in [6, 6.07) is 5.13. The van der Waals surface area contributed by atoms with E-state index in [1.807, 2.05) is 23.2 Å². The third kappa shape index (κ3) is 4.58. The van der Waals surface area contributed by atoms with Gasteiger partial charge in [0.2, 0.25) is 5.91 Å². The number of imidazole rings is 1. The van der Waals surface area contributed by atoms with E-state index in [1.165, 1.54) is 12.8 Å². The number of nitrogens with zero attached hydrogens (tertiary/aromatic N) is 7. The molecule has 3 aromatic rings. The molecule has 0 bridgehead atoms. The van der Waals surface area contributed by atoms with Crippen molar-refractivity contribution in [1.82, 2.24) is 24.2 Å². The molecule has 1 unspecified atom stereocenters. The summed E-state index contributed by atoms with van der Waals surface area (Å²) in [5.74, 6) is 0.597. The molecule has 180 valence electrons. The second-order valence-electron chi connectivity index (χ2n) is 9.28.